The highest BCUT2D eigenvalue weighted by Crippen LogP contribution is 2.27. The Balaban J connectivity index is 1.48. The van der Waals surface area contributed by atoms with Gasteiger partial charge in [0.1, 0.15) is 10.6 Å². The topological polar surface area (TPSA) is 92.8 Å². The molecule has 31 heavy (non-hydrogen) atoms. The van der Waals surface area contributed by atoms with E-state index in [1.54, 1.807) is 13.0 Å². The summed E-state index contributed by atoms with van der Waals surface area (Å²) >= 11 is 1.31. The second kappa shape index (κ2) is 9.32. The van der Waals surface area contributed by atoms with Crippen LogP contribution in [0.5, 0.6) is 5.75 Å². The largest absolute Gasteiger partial charge is 0.493 e. The Bertz CT molecular complexity index is 1110. The third kappa shape index (κ3) is 4.62. The van der Waals surface area contributed by atoms with Crippen LogP contribution in [0.15, 0.2) is 36.4 Å². The molecule has 1 fully saturated rings. The molecule has 0 bridgehead atoms. The normalized spacial score (nSPS) is 13.8. The summed E-state index contributed by atoms with van der Waals surface area (Å²) in [5.41, 5.74) is 5.99. The molecule has 0 saturated carbocycles. The first-order valence-electron chi connectivity index (χ1n) is 10.1. The highest BCUT2D eigenvalue weighted by Gasteiger charge is 2.21. The van der Waals surface area contributed by atoms with Gasteiger partial charge in [0.25, 0.3) is 11.8 Å². The average Bonchev–Trinajstić information content (AvgIpc) is 3.19. The number of ether oxygens (including phenoxy) is 2. The number of hydrogen-bond donors (Lipinski definition) is 2. The highest BCUT2D eigenvalue weighted by molar-refractivity contribution is 7.17. The van der Waals surface area contributed by atoms with Crippen molar-refractivity contribution >= 4 is 39.1 Å². The molecule has 0 aliphatic carbocycles. The summed E-state index contributed by atoms with van der Waals surface area (Å²) in [5, 5.41) is 2.67. The zero-order valence-corrected chi connectivity index (χ0v) is 18.3. The van der Waals surface area contributed by atoms with Crippen LogP contribution >= 0.6 is 11.3 Å². The molecule has 2 heterocycles. The van der Waals surface area contributed by atoms with E-state index in [9.17, 15) is 9.59 Å². The summed E-state index contributed by atoms with van der Waals surface area (Å²) in [4.78, 5) is 32.6. The van der Waals surface area contributed by atoms with E-state index in [0.29, 0.717) is 41.7 Å². The first-order valence-corrected chi connectivity index (χ1v) is 10.9. The number of morpholine rings is 1. The van der Waals surface area contributed by atoms with Gasteiger partial charge in [-0.05, 0) is 36.8 Å². The Morgan fingerprint density at radius 1 is 1.13 bits per heavy atom. The van der Waals surface area contributed by atoms with Crippen molar-refractivity contribution in [1.29, 1.82) is 0 Å². The van der Waals surface area contributed by atoms with Gasteiger partial charge in [0.2, 0.25) is 0 Å². The van der Waals surface area contributed by atoms with Crippen LogP contribution in [0.1, 0.15) is 32.6 Å². The lowest BCUT2D eigenvalue weighted by molar-refractivity contribution is 0.0846. The van der Waals surface area contributed by atoms with Crippen LogP contribution < -0.4 is 20.5 Å². The number of benzene rings is 2. The molecule has 1 aliphatic heterocycles. The smallest absolute Gasteiger partial charge is 0.281 e. The fourth-order valence-corrected chi connectivity index (χ4v) is 4.41. The minimum atomic E-state index is -0.446. The number of carbonyl (C=O) groups is 2. The number of rotatable bonds is 5. The lowest BCUT2D eigenvalue weighted by atomic mass is 10.1. The molecule has 0 unspecified atom stereocenters. The van der Waals surface area contributed by atoms with Gasteiger partial charge in [-0.3, -0.25) is 20.4 Å². The number of aryl methyl sites for hydroxylation is 1. The van der Waals surface area contributed by atoms with Crippen molar-refractivity contribution in [3.05, 3.63) is 52.5 Å². The number of anilines is 1. The number of nitrogens with zero attached hydrogens (tertiary/aromatic N) is 2. The fourth-order valence-electron chi connectivity index (χ4n) is 3.39. The second-order valence-electron chi connectivity index (χ2n) is 7.05. The number of aromatic nitrogens is 1. The van der Waals surface area contributed by atoms with Crippen molar-refractivity contribution in [2.24, 2.45) is 0 Å². The van der Waals surface area contributed by atoms with Gasteiger partial charge >= 0.3 is 0 Å². The van der Waals surface area contributed by atoms with Crippen molar-refractivity contribution in [2.45, 2.75) is 13.8 Å². The van der Waals surface area contributed by atoms with E-state index in [4.69, 9.17) is 9.47 Å². The zero-order chi connectivity index (χ0) is 21.8. The van der Waals surface area contributed by atoms with Crippen LogP contribution in [0.3, 0.4) is 0 Å². The van der Waals surface area contributed by atoms with E-state index < -0.39 is 11.8 Å². The summed E-state index contributed by atoms with van der Waals surface area (Å²) in [6.45, 7) is 6.84. The fraction of sp³-hybridized carbons (Fsp3) is 0.318. The van der Waals surface area contributed by atoms with E-state index in [1.807, 2.05) is 37.3 Å². The molecular formula is C22H24N4O4S. The van der Waals surface area contributed by atoms with E-state index in [0.717, 1.165) is 29.0 Å². The molecule has 9 heteroatoms. The molecule has 4 rings (SSSR count). The number of carbonyl (C=O) groups excluding carboxylic acids is 2. The van der Waals surface area contributed by atoms with Gasteiger partial charge in [0, 0.05) is 13.1 Å². The predicted octanol–water partition coefficient (Wildman–Crippen LogP) is 2.91. The van der Waals surface area contributed by atoms with Gasteiger partial charge in [-0.25, -0.2) is 4.98 Å². The lowest BCUT2D eigenvalue weighted by Crippen LogP contribution is -2.41. The lowest BCUT2D eigenvalue weighted by Gasteiger charge is -2.25. The van der Waals surface area contributed by atoms with E-state index in [2.05, 4.69) is 20.7 Å². The molecule has 2 N–H and O–H groups in total. The van der Waals surface area contributed by atoms with Gasteiger partial charge in [-0.2, -0.15) is 0 Å². The molecule has 0 atom stereocenters. The number of hydrazine groups is 1. The van der Waals surface area contributed by atoms with Gasteiger partial charge in [-0.1, -0.05) is 35.6 Å². The van der Waals surface area contributed by atoms with Gasteiger partial charge < -0.3 is 14.4 Å². The molecule has 0 spiro atoms. The first kappa shape index (κ1) is 21.1. The Morgan fingerprint density at radius 2 is 1.81 bits per heavy atom. The van der Waals surface area contributed by atoms with Crippen molar-refractivity contribution in [3.63, 3.8) is 0 Å². The Hall–Kier alpha value is -3.17. The minimum absolute atomic E-state index is 0.357. The molecule has 2 aromatic carbocycles. The van der Waals surface area contributed by atoms with Crippen LogP contribution in [0.25, 0.3) is 10.8 Å². The molecule has 1 aliphatic rings. The average molecular weight is 441 g/mol. The SMILES string of the molecule is CCOc1cc2ccccc2cc1C(=O)NNC(=O)c1sc(N2CCOCC2)nc1C. The Kier molecular flexibility index (Phi) is 6.34. The number of thiazole rings is 1. The third-order valence-electron chi connectivity index (χ3n) is 4.96. The molecule has 0 radical (unpaired) electrons. The van der Waals surface area contributed by atoms with Gasteiger partial charge in [0.15, 0.2) is 5.13 Å². The number of fused-ring (bicyclic) bond motifs is 1. The van der Waals surface area contributed by atoms with E-state index in [1.165, 1.54) is 11.3 Å². The minimum Gasteiger partial charge on any atom is -0.493 e. The standard InChI is InChI=1S/C22H24N4O4S/c1-3-30-18-13-16-7-5-4-6-15(16)12-17(18)20(27)24-25-21(28)19-14(2)23-22(31-19)26-8-10-29-11-9-26/h4-7,12-13H,3,8-11H2,1-2H3,(H,24,27)(H,25,28). The summed E-state index contributed by atoms with van der Waals surface area (Å²) in [6, 6.07) is 11.3. The van der Waals surface area contributed by atoms with Gasteiger partial charge in [0.05, 0.1) is 31.1 Å². The third-order valence-corrected chi connectivity index (χ3v) is 6.17. The maximum Gasteiger partial charge on any atom is 0.281 e. The van der Waals surface area contributed by atoms with E-state index in [-0.39, 0.29) is 0 Å². The van der Waals surface area contributed by atoms with Crippen LogP contribution in [-0.2, 0) is 4.74 Å². The monoisotopic (exact) mass is 440 g/mol. The van der Waals surface area contributed by atoms with Crippen LogP contribution in [0.4, 0.5) is 5.13 Å². The predicted molar refractivity (Wildman–Crippen MR) is 120 cm³/mol. The first-order chi connectivity index (χ1) is 15.1. The van der Waals surface area contributed by atoms with Crippen molar-refractivity contribution < 1.29 is 19.1 Å². The van der Waals surface area contributed by atoms with Crippen molar-refractivity contribution in [2.75, 3.05) is 37.8 Å². The molecular weight excluding hydrogens is 416 g/mol. The van der Waals surface area contributed by atoms with Crippen LogP contribution in [0.2, 0.25) is 0 Å². The molecule has 8 nitrogen and oxygen atoms in total. The van der Waals surface area contributed by atoms with Crippen LogP contribution in [0, 0.1) is 6.92 Å². The summed E-state index contributed by atoms with van der Waals surface area (Å²) in [6.07, 6.45) is 0. The van der Waals surface area contributed by atoms with Crippen LogP contribution in [-0.4, -0.2) is 49.7 Å². The maximum absolute atomic E-state index is 12.8. The maximum atomic E-state index is 12.8. The van der Waals surface area contributed by atoms with Crippen molar-refractivity contribution in [3.8, 4) is 5.75 Å². The Labute approximate surface area is 184 Å². The summed E-state index contributed by atoms with van der Waals surface area (Å²) < 4.78 is 11.0. The molecule has 1 aromatic heterocycles. The number of amides is 2. The Morgan fingerprint density at radius 3 is 2.52 bits per heavy atom. The van der Waals surface area contributed by atoms with E-state index >= 15 is 0 Å². The number of nitrogens with one attached hydrogen (secondary N) is 2. The summed E-state index contributed by atoms with van der Waals surface area (Å²) in [5.74, 6) is -0.378. The molecule has 1 saturated heterocycles. The molecule has 2 amide bonds. The summed E-state index contributed by atoms with van der Waals surface area (Å²) in [7, 11) is 0. The zero-order valence-electron chi connectivity index (χ0n) is 17.4. The molecule has 3 aromatic rings. The quantitative estimate of drug-likeness (QED) is 0.593. The highest BCUT2D eigenvalue weighted by atomic mass is 32.1. The van der Waals surface area contributed by atoms with Crippen molar-refractivity contribution in [1.82, 2.24) is 15.8 Å². The van der Waals surface area contributed by atoms with Gasteiger partial charge in [-0.15, -0.1) is 0 Å². The molecule has 162 valence electrons. The number of hydrogen-bond acceptors (Lipinski definition) is 7. The second-order valence-corrected chi connectivity index (χ2v) is 8.02.